The molecule has 0 aliphatic heterocycles. The van der Waals surface area contributed by atoms with Gasteiger partial charge in [0.1, 0.15) is 11.2 Å². The normalized spacial score (nSPS) is 11.5. The van der Waals surface area contributed by atoms with Crippen LogP contribution >= 0.6 is 0 Å². The summed E-state index contributed by atoms with van der Waals surface area (Å²) in [5.74, 6) is 1.85. The van der Waals surface area contributed by atoms with Crippen LogP contribution in [0.1, 0.15) is 0 Å². The molecule has 0 unspecified atom stereocenters. The summed E-state index contributed by atoms with van der Waals surface area (Å²) in [6.45, 7) is 0. The second-order valence-corrected chi connectivity index (χ2v) is 12.8. The zero-order valence-corrected chi connectivity index (χ0v) is 27.5. The minimum Gasteiger partial charge on any atom is -0.456 e. The van der Waals surface area contributed by atoms with Gasteiger partial charge in [0.2, 0.25) is 0 Å². The molecule has 8 aromatic carbocycles. The van der Waals surface area contributed by atoms with Crippen molar-refractivity contribution in [2.45, 2.75) is 0 Å². The number of para-hydroxylation sites is 1. The molecule has 0 aliphatic rings. The van der Waals surface area contributed by atoms with E-state index in [1.165, 1.54) is 38.4 Å². The lowest BCUT2D eigenvalue weighted by atomic mass is 9.90. The van der Waals surface area contributed by atoms with Crippen molar-refractivity contribution in [1.29, 1.82) is 0 Å². The third kappa shape index (κ3) is 5.04. The van der Waals surface area contributed by atoms with Crippen molar-refractivity contribution in [3.8, 4) is 56.4 Å². The summed E-state index contributed by atoms with van der Waals surface area (Å²) in [5.41, 5.74) is 9.20. The number of benzene rings is 8. The lowest BCUT2D eigenvalue weighted by Gasteiger charge is -2.14. The van der Waals surface area contributed by atoms with Gasteiger partial charge in [-0.05, 0) is 74.1 Å². The van der Waals surface area contributed by atoms with Crippen molar-refractivity contribution in [2.24, 2.45) is 0 Å². The molecule has 0 bridgehead atoms. The molecule has 4 heteroatoms. The van der Waals surface area contributed by atoms with Crippen LogP contribution in [0, 0.1) is 0 Å². The minimum absolute atomic E-state index is 0.606. The predicted octanol–water partition coefficient (Wildman–Crippen LogP) is 12.4. The molecule has 10 aromatic rings. The van der Waals surface area contributed by atoms with Crippen molar-refractivity contribution >= 4 is 43.5 Å². The van der Waals surface area contributed by atoms with E-state index in [-0.39, 0.29) is 0 Å². The first-order valence-electron chi connectivity index (χ1n) is 17.1. The Morgan fingerprint density at radius 1 is 0.314 bits per heavy atom. The molecular formula is C47H29N3O. The van der Waals surface area contributed by atoms with Crippen LogP contribution in [0.5, 0.6) is 0 Å². The highest BCUT2D eigenvalue weighted by Crippen LogP contribution is 2.40. The smallest absolute Gasteiger partial charge is 0.164 e. The number of hydrogen-bond donors (Lipinski definition) is 0. The molecule has 0 N–H and O–H groups in total. The standard InChI is InChI=1S/C47H29N3O/c1-3-13-30(14-4-1)35-28-32-17-7-8-19-36(32)41(29-35)38-21-11-18-33-27-34(25-26-37(33)38)46-48-45(31-15-5-2-6-16-31)49-47(50-46)40-22-12-24-43-44(40)39-20-9-10-23-42(39)51-43/h1-29H. The molecule has 0 radical (unpaired) electrons. The van der Waals surface area contributed by atoms with Crippen molar-refractivity contribution in [1.82, 2.24) is 15.0 Å². The fourth-order valence-corrected chi connectivity index (χ4v) is 7.29. The third-order valence-electron chi connectivity index (χ3n) is 9.71. The SMILES string of the molecule is c1ccc(-c2cc(-c3cccc4cc(-c5nc(-c6ccccc6)nc(-c6cccc7oc8ccccc8c67)n5)ccc34)c3ccccc3c2)cc1. The second kappa shape index (κ2) is 11.9. The molecule has 0 amide bonds. The third-order valence-corrected chi connectivity index (χ3v) is 9.71. The maximum atomic E-state index is 6.23. The minimum atomic E-state index is 0.606. The van der Waals surface area contributed by atoms with Gasteiger partial charge in [-0.25, -0.2) is 15.0 Å². The summed E-state index contributed by atoms with van der Waals surface area (Å²) in [5, 5.41) is 6.76. The van der Waals surface area contributed by atoms with Gasteiger partial charge < -0.3 is 4.42 Å². The summed E-state index contributed by atoms with van der Waals surface area (Å²) < 4.78 is 6.23. The van der Waals surface area contributed by atoms with Crippen molar-refractivity contribution < 1.29 is 4.42 Å². The summed E-state index contributed by atoms with van der Waals surface area (Å²) in [7, 11) is 0. The van der Waals surface area contributed by atoms with Gasteiger partial charge in [0.25, 0.3) is 0 Å². The van der Waals surface area contributed by atoms with Crippen LogP contribution in [0.4, 0.5) is 0 Å². The molecule has 0 aliphatic carbocycles. The number of fused-ring (bicyclic) bond motifs is 5. The molecule has 238 valence electrons. The zero-order valence-electron chi connectivity index (χ0n) is 27.5. The number of rotatable bonds is 5. The first kappa shape index (κ1) is 29.0. The van der Waals surface area contributed by atoms with Gasteiger partial charge in [-0.15, -0.1) is 0 Å². The fourth-order valence-electron chi connectivity index (χ4n) is 7.29. The van der Waals surface area contributed by atoms with Crippen LogP contribution in [0.2, 0.25) is 0 Å². The molecule has 51 heavy (non-hydrogen) atoms. The lowest BCUT2D eigenvalue weighted by Crippen LogP contribution is -2.00. The number of hydrogen-bond acceptors (Lipinski definition) is 4. The van der Waals surface area contributed by atoms with Crippen LogP contribution in [0.3, 0.4) is 0 Å². The van der Waals surface area contributed by atoms with Crippen molar-refractivity contribution in [3.05, 3.63) is 176 Å². The molecule has 0 atom stereocenters. The van der Waals surface area contributed by atoms with E-state index in [9.17, 15) is 0 Å². The van der Waals surface area contributed by atoms with E-state index in [4.69, 9.17) is 19.4 Å². The Bertz CT molecular complexity index is 2910. The molecule has 4 nitrogen and oxygen atoms in total. The summed E-state index contributed by atoms with van der Waals surface area (Å²) in [4.78, 5) is 15.3. The van der Waals surface area contributed by atoms with Gasteiger partial charge in [-0.1, -0.05) is 146 Å². The van der Waals surface area contributed by atoms with Gasteiger partial charge in [-0.2, -0.15) is 0 Å². The average molecular weight is 652 g/mol. The van der Waals surface area contributed by atoms with E-state index < -0.39 is 0 Å². The summed E-state index contributed by atoms with van der Waals surface area (Å²) >= 11 is 0. The molecule has 0 fully saturated rings. The van der Waals surface area contributed by atoms with Crippen LogP contribution in [-0.2, 0) is 0 Å². The number of aromatic nitrogens is 3. The maximum absolute atomic E-state index is 6.23. The van der Waals surface area contributed by atoms with E-state index >= 15 is 0 Å². The van der Waals surface area contributed by atoms with E-state index in [0.717, 1.165) is 44.0 Å². The first-order valence-corrected chi connectivity index (χ1v) is 17.1. The molecule has 2 heterocycles. The van der Waals surface area contributed by atoms with Gasteiger partial charge in [0.05, 0.1) is 0 Å². The maximum Gasteiger partial charge on any atom is 0.164 e. The number of nitrogens with zero attached hydrogens (tertiary/aromatic N) is 3. The van der Waals surface area contributed by atoms with Crippen LogP contribution in [0.15, 0.2) is 180 Å². The van der Waals surface area contributed by atoms with Crippen molar-refractivity contribution in [3.63, 3.8) is 0 Å². The molecule has 0 saturated carbocycles. The van der Waals surface area contributed by atoms with Gasteiger partial charge in [-0.3, -0.25) is 0 Å². The Morgan fingerprint density at radius 3 is 1.71 bits per heavy atom. The molecule has 0 saturated heterocycles. The number of furan rings is 1. The van der Waals surface area contributed by atoms with Gasteiger partial charge in [0, 0.05) is 27.5 Å². The Hall–Kier alpha value is -6.91. The monoisotopic (exact) mass is 651 g/mol. The van der Waals surface area contributed by atoms with Gasteiger partial charge >= 0.3 is 0 Å². The van der Waals surface area contributed by atoms with Crippen LogP contribution < -0.4 is 0 Å². The largest absolute Gasteiger partial charge is 0.456 e. The fraction of sp³-hybridized carbons (Fsp3) is 0. The quantitative estimate of drug-likeness (QED) is 0.186. The van der Waals surface area contributed by atoms with E-state index in [1.54, 1.807) is 0 Å². The van der Waals surface area contributed by atoms with Crippen LogP contribution in [-0.4, -0.2) is 15.0 Å². The first-order chi connectivity index (χ1) is 25.3. The Labute approximate surface area is 294 Å². The van der Waals surface area contributed by atoms with E-state index in [2.05, 4.69) is 115 Å². The molecule has 2 aromatic heterocycles. The Morgan fingerprint density at radius 2 is 0.882 bits per heavy atom. The lowest BCUT2D eigenvalue weighted by molar-refractivity contribution is 0.669. The van der Waals surface area contributed by atoms with E-state index in [0.29, 0.717) is 17.5 Å². The van der Waals surface area contributed by atoms with Gasteiger partial charge in [0.15, 0.2) is 17.5 Å². The Balaban J connectivity index is 1.16. The highest BCUT2D eigenvalue weighted by Gasteiger charge is 2.18. The highest BCUT2D eigenvalue weighted by molar-refractivity contribution is 6.12. The van der Waals surface area contributed by atoms with Crippen molar-refractivity contribution in [2.75, 3.05) is 0 Å². The predicted molar refractivity (Wildman–Crippen MR) is 209 cm³/mol. The molecular weight excluding hydrogens is 623 g/mol. The highest BCUT2D eigenvalue weighted by atomic mass is 16.3. The molecule has 10 rings (SSSR count). The average Bonchev–Trinajstić information content (AvgIpc) is 3.59. The summed E-state index contributed by atoms with van der Waals surface area (Å²) in [6.07, 6.45) is 0. The Kier molecular flexibility index (Phi) is 6.78. The van der Waals surface area contributed by atoms with E-state index in [1.807, 2.05) is 60.7 Å². The second-order valence-electron chi connectivity index (χ2n) is 12.8. The molecule has 0 spiro atoms. The van der Waals surface area contributed by atoms with Crippen LogP contribution in [0.25, 0.3) is 99.9 Å². The topological polar surface area (TPSA) is 51.8 Å². The summed E-state index contributed by atoms with van der Waals surface area (Å²) in [6, 6.07) is 61.2. The zero-order chi connectivity index (χ0) is 33.7.